The van der Waals surface area contributed by atoms with Crippen LogP contribution in [0.4, 0.5) is 0 Å². The molecule has 0 spiro atoms. The molecule has 0 heterocycles. The second-order valence-corrected chi connectivity index (χ2v) is 13.9. The van der Waals surface area contributed by atoms with Crippen LogP contribution in [0.5, 0.6) is 0 Å². The summed E-state index contributed by atoms with van der Waals surface area (Å²) in [6.45, 7) is 9.01. The first-order chi connectivity index (χ1) is 22.0. The van der Waals surface area contributed by atoms with Crippen molar-refractivity contribution in [2.45, 2.75) is 207 Å². The van der Waals surface area contributed by atoms with E-state index in [2.05, 4.69) is 27.7 Å². The van der Waals surface area contributed by atoms with Crippen LogP contribution in [0.15, 0.2) is 0 Å². The Labute approximate surface area is 280 Å². The highest BCUT2D eigenvalue weighted by atomic mass is 16.5. The van der Waals surface area contributed by atoms with Crippen LogP contribution in [0.3, 0.4) is 0 Å². The Bertz CT molecular complexity index is 584. The summed E-state index contributed by atoms with van der Waals surface area (Å²) in [4.78, 5) is 26.3. The van der Waals surface area contributed by atoms with Gasteiger partial charge in [-0.2, -0.15) is 0 Å². The van der Waals surface area contributed by atoms with Crippen LogP contribution in [-0.4, -0.2) is 36.9 Å². The van der Waals surface area contributed by atoms with Crippen molar-refractivity contribution in [3.05, 3.63) is 0 Å². The molecule has 0 aliphatic heterocycles. The third-order valence-electron chi connectivity index (χ3n) is 9.47. The molecule has 0 aromatic heterocycles. The van der Waals surface area contributed by atoms with E-state index in [-0.39, 0.29) is 49.5 Å². The molecule has 2 atom stereocenters. The molecule has 5 nitrogen and oxygen atoms in total. The second-order valence-electron chi connectivity index (χ2n) is 13.9. The predicted molar refractivity (Wildman–Crippen MR) is 191 cm³/mol. The van der Waals surface area contributed by atoms with Crippen LogP contribution < -0.4 is 0 Å². The zero-order valence-corrected chi connectivity index (χ0v) is 30.7. The van der Waals surface area contributed by atoms with E-state index in [9.17, 15) is 14.7 Å². The lowest BCUT2D eigenvalue weighted by molar-refractivity contribution is -0.155. The third kappa shape index (κ3) is 27.7. The maximum absolute atomic E-state index is 13.1. The van der Waals surface area contributed by atoms with E-state index in [1.54, 1.807) is 0 Å². The zero-order valence-electron chi connectivity index (χ0n) is 30.7. The molecule has 0 aliphatic rings. The summed E-state index contributed by atoms with van der Waals surface area (Å²) in [7, 11) is 0. The largest absolute Gasteiger partial charge is 0.465 e. The molecule has 0 saturated heterocycles. The minimum absolute atomic E-state index is 0.0665. The van der Waals surface area contributed by atoms with Crippen molar-refractivity contribution >= 4 is 11.9 Å². The van der Waals surface area contributed by atoms with E-state index in [0.717, 1.165) is 51.4 Å². The number of carbonyl (C=O) groups excluding carboxylic acids is 2. The quantitative estimate of drug-likeness (QED) is 0.0552. The standard InChI is InChI=1S/C40H78O5/c1-5-9-13-17-19-23-27-31-37(29-25-21-15-11-7-3)39(42)44-34-36(33-41)35-45-40(43)38(30-26-22-16-12-8-4)32-28-24-20-18-14-10-6-2/h36-38,41H,5-35H2,1-4H3/t37-,38-/m1/s1. The molecule has 5 heteroatoms. The van der Waals surface area contributed by atoms with Crippen LogP contribution in [0.2, 0.25) is 0 Å². The van der Waals surface area contributed by atoms with Crippen LogP contribution in [0.25, 0.3) is 0 Å². The van der Waals surface area contributed by atoms with Gasteiger partial charge in [-0.25, -0.2) is 0 Å². The SMILES string of the molecule is CCCCCCCCC[C@@H](CCCCCCC)C(=O)OCC(CO)COC(=O)[C@H](CCCCCCC)CCCCCCCCC. The Balaban J connectivity index is 4.78. The highest BCUT2D eigenvalue weighted by Crippen LogP contribution is 2.23. The van der Waals surface area contributed by atoms with Gasteiger partial charge in [0.2, 0.25) is 0 Å². The van der Waals surface area contributed by atoms with E-state index in [1.807, 2.05) is 0 Å². The number of rotatable bonds is 35. The lowest BCUT2D eigenvalue weighted by atomic mass is 9.94. The second kappa shape index (κ2) is 34.2. The lowest BCUT2D eigenvalue weighted by Crippen LogP contribution is -2.28. The number of carbonyl (C=O) groups is 2. The Morgan fingerprint density at radius 1 is 0.422 bits per heavy atom. The molecule has 45 heavy (non-hydrogen) atoms. The summed E-state index contributed by atoms with van der Waals surface area (Å²) in [5.74, 6) is -0.771. The fourth-order valence-electron chi connectivity index (χ4n) is 6.23. The normalized spacial score (nSPS) is 12.8. The zero-order chi connectivity index (χ0) is 33.2. The van der Waals surface area contributed by atoms with Crippen molar-refractivity contribution in [2.75, 3.05) is 19.8 Å². The highest BCUT2D eigenvalue weighted by Gasteiger charge is 2.24. The number of unbranched alkanes of at least 4 members (excludes halogenated alkanes) is 20. The molecule has 0 rings (SSSR count). The Morgan fingerprint density at radius 2 is 0.667 bits per heavy atom. The molecule has 0 fully saturated rings. The number of ether oxygens (including phenoxy) is 2. The molecule has 1 N–H and O–H groups in total. The molecule has 0 bridgehead atoms. The summed E-state index contributed by atoms with van der Waals surface area (Å²) in [6.07, 6.45) is 32.7. The maximum atomic E-state index is 13.1. The van der Waals surface area contributed by atoms with E-state index in [4.69, 9.17) is 9.47 Å². The van der Waals surface area contributed by atoms with Gasteiger partial charge in [-0.1, -0.05) is 182 Å². The molecule has 268 valence electrons. The van der Waals surface area contributed by atoms with Gasteiger partial charge in [0.25, 0.3) is 0 Å². The third-order valence-corrected chi connectivity index (χ3v) is 9.47. The Kier molecular flexibility index (Phi) is 33.4. The van der Waals surface area contributed by atoms with Crippen molar-refractivity contribution in [2.24, 2.45) is 17.8 Å². The smallest absolute Gasteiger partial charge is 0.308 e. The van der Waals surface area contributed by atoms with Gasteiger partial charge < -0.3 is 14.6 Å². The van der Waals surface area contributed by atoms with Gasteiger partial charge in [0.05, 0.1) is 37.6 Å². The van der Waals surface area contributed by atoms with Gasteiger partial charge in [0, 0.05) is 0 Å². The fourth-order valence-corrected chi connectivity index (χ4v) is 6.23. The molecule has 0 aromatic rings. The van der Waals surface area contributed by atoms with Crippen LogP contribution in [0, 0.1) is 17.8 Å². The van der Waals surface area contributed by atoms with Crippen molar-refractivity contribution < 1.29 is 24.2 Å². The summed E-state index contributed by atoms with van der Waals surface area (Å²) in [6, 6.07) is 0. The average molecular weight is 639 g/mol. The topological polar surface area (TPSA) is 72.8 Å². The minimum atomic E-state index is -0.370. The van der Waals surface area contributed by atoms with Gasteiger partial charge in [0.1, 0.15) is 0 Å². The highest BCUT2D eigenvalue weighted by molar-refractivity contribution is 5.73. The predicted octanol–water partition coefficient (Wildman–Crippen LogP) is 11.9. The first kappa shape index (κ1) is 43.9. The summed E-state index contributed by atoms with van der Waals surface area (Å²) in [5, 5.41) is 10.0. The van der Waals surface area contributed by atoms with Gasteiger partial charge in [-0.15, -0.1) is 0 Å². The van der Waals surface area contributed by atoms with E-state index in [0.29, 0.717) is 0 Å². The number of hydrogen-bond donors (Lipinski definition) is 1. The number of aliphatic hydroxyl groups excluding tert-OH is 1. The number of aliphatic hydroxyl groups is 1. The maximum Gasteiger partial charge on any atom is 0.308 e. The molecule has 0 radical (unpaired) electrons. The van der Waals surface area contributed by atoms with Gasteiger partial charge in [-0.3, -0.25) is 9.59 Å². The van der Waals surface area contributed by atoms with E-state index >= 15 is 0 Å². The fraction of sp³-hybridized carbons (Fsp3) is 0.950. The molecule has 0 aliphatic carbocycles. The van der Waals surface area contributed by atoms with Gasteiger partial charge >= 0.3 is 11.9 Å². The monoisotopic (exact) mass is 639 g/mol. The Morgan fingerprint density at radius 3 is 0.911 bits per heavy atom. The average Bonchev–Trinajstić information content (AvgIpc) is 3.05. The summed E-state index contributed by atoms with van der Waals surface area (Å²) in [5.41, 5.74) is 0. The summed E-state index contributed by atoms with van der Waals surface area (Å²) >= 11 is 0. The van der Waals surface area contributed by atoms with Crippen molar-refractivity contribution in [1.82, 2.24) is 0 Å². The van der Waals surface area contributed by atoms with Gasteiger partial charge in [-0.05, 0) is 25.7 Å². The molecule has 0 saturated carbocycles. The first-order valence-electron chi connectivity index (χ1n) is 20.0. The number of esters is 2. The molecular formula is C40H78O5. The van der Waals surface area contributed by atoms with Gasteiger partial charge in [0.15, 0.2) is 0 Å². The molecular weight excluding hydrogens is 560 g/mol. The molecule has 0 aromatic carbocycles. The van der Waals surface area contributed by atoms with Crippen molar-refractivity contribution in [1.29, 1.82) is 0 Å². The molecule has 0 amide bonds. The first-order valence-corrected chi connectivity index (χ1v) is 20.0. The number of hydrogen-bond acceptors (Lipinski definition) is 5. The molecule has 0 unspecified atom stereocenters. The minimum Gasteiger partial charge on any atom is -0.465 e. The van der Waals surface area contributed by atoms with Crippen LogP contribution in [-0.2, 0) is 19.1 Å². The van der Waals surface area contributed by atoms with Crippen molar-refractivity contribution in [3.63, 3.8) is 0 Å². The van der Waals surface area contributed by atoms with Crippen molar-refractivity contribution in [3.8, 4) is 0 Å². The van der Waals surface area contributed by atoms with Crippen LogP contribution >= 0.6 is 0 Å². The van der Waals surface area contributed by atoms with E-state index < -0.39 is 0 Å². The van der Waals surface area contributed by atoms with E-state index in [1.165, 1.54) is 128 Å². The lowest BCUT2D eigenvalue weighted by Gasteiger charge is -2.21. The van der Waals surface area contributed by atoms with Crippen LogP contribution in [0.1, 0.15) is 207 Å². The summed E-state index contributed by atoms with van der Waals surface area (Å²) < 4.78 is 11.5. The Hall–Kier alpha value is -1.10.